The van der Waals surface area contributed by atoms with Crippen molar-refractivity contribution in [1.29, 1.82) is 0 Å². The largest absolute Gasteiger partial charge is 0.383 e. The summed E-state index contributed by atoms with van der Waals surface area (Å²) in [6, 6.07) is 9.61. The molecular formula is C14H22N2O2. The molecule has 0 bridgehead atoms. The van der Waals surface area contributed by atoms with E-state index in [2.05, 4.69) is 0 Å². The summed E-state index contributed by atoms with van der Waals surface area (Å²) >= 11 is 0. The number of hydrogen-bond donors (Lipinski definition) is 1. The Morgan fingerprint density at radius 3 is 2.56 bits per heavy atom. The molecule has 18 heavy (non-hydrogen) atoms. The minimum absolute atomic E-state index is 0.0766. The Balaban J connectivity index is 2.58. The van der Waals surface area contributed by atoms with Crippen LogP contribution in [0.2, 0.25) is 0 Å². The number of benzene rings is 1. The van der Waals surface area contributed by atoms with E-state index in [-0.39, 0.29) is 17.9 Å². The van der Waals surface area contributed by atoms with Gasteiger partial charge in [-0.1, -0.05) is 30.3 Å². The molecular weight excluding hydrogens is 228 g/mol. The van der Waals surface area contributed by atoms with Crippen molar-refractivity contribution in [2.75, 3.05) is 27.3 Å². The number of methoxy groups -OCH3 is 1. The highest BCUT2D eigenvalue weighted by Crippen LogP contribution is 2.16. The molecule has 1 amide bonds. The molecule has 2 atom stereocenters. The van der Waals surface area contributed by atoms with Crippen LogP contribution in [0.1, 0.15) is 18.4 Å². The topological polar surface area (TPSA) is 55.6 Å². The van der Waals surface area contributed by atoms with Crippen molar-refractivity contribution in [3.63, 3.8) is 0 Å². The van der Waals surface area contributed by atoms with Gasteiger partial charge in [0.15, 0.2) is 0 Å². The lowest BCUT2D eigenvalue weighted by atomic mass is 10.00. The molecule has 2 N–H and O–H groups in total. The number of amides is 1. The Bertz CT molecular complexity index is 367. The fourth-order valence-corrected chi connectivity index (χ4v) is 1.92. The summed E-state index contributed by atoms with van der Waals surface area (Å²) in [6.07, 6.45) is 0. The van der Waals surface area contributed by atoms with Gasteiger partial charge in [0, 0.05) is 26.7 Å². The van der Waals surface area contributed by atoms with Gasteiger partial charge in [-0.2, -0.15) is 0 Å². The highest BCUT2D eigenvalue weighted by atomic mass is 16.5. The van der Waals surface area contributed by atoms with Crippen LogP contribution in [0.3, 0.4) is 0 Å². The third kappa shape index (κ3) is 4.13. The van der Waals surface area contributed by atoms with Gasteiger partial charge in [-0.3, -0.25) is 4.79 Å². The lowest BCUT2D eigenvalue weighted by Crippen LogP contribution is -2.42. The zero-order valence-electron chi connectivity index (χ0n) is 11.3. The van der Waals surface area contributed by atoms with Crippen molar-refractivity contribution < 1.29 is 9.53 Å². The average Bonchev–Trinajstić information content (AvgIpc) is 2.38. The minimum Gasteiger partial charge on any atom is -0.383 e. The summed E-state index contributed by atoms with van der Waals surface area (Å²) in [5.74, 6) is -0.0707. The lowest BCUT2D eigenvalue weighted by Gasteiger charge is -2.24. The number of hydrogen-bond acceptors (Lipinski definition) is 3. The quantitative estimate of drug-likeness (QED) is 0.826. The molecule has 0 saturated heterocycles. The second-order valence-electron chi connectivity index (χ2n) is 4.57. The summed E-state index contributed by atoms with van der Waals surface area (Å²) in [5, 5.41) is 0. The third-order valence-corrected chi connectivity index (χ3v) is 2.94. The molecule has 1 rings (SSSR count). The molecule has 0 spiro atoms. The summed E-state index contributed by atoms with van der Waals surface area (Å²) in [4.78, 5) is 13.9. The molecule has 0 aliphatic rings. The van der Waals surface area contributed by atoms with Crippen LogP contribution in [0.5, 0.6) is 0 Å². The summed E-state index contributed by atoms with van der Waals surface area (Å²) < 4.78 is 4.97. The molecule has 0 aliphatic carbocycles. The van der Waals surface area contributed by atoms with E-state index in [0.717, 1.165) is 5.56 Å². The number of ether oxygens (including phenoxy) is 1. The first-order valence-corrected chi connectivity index (χ1v) is 6.10. The lowest BCUT2D eigenvalue weighted by molar-refractivity contribution is -0.131. The maximum atomic E-state index is 12.2. The van der Waals surface area contributed by atoms with Crippen LogP contribution < -0.4 is 5.73 Å². The van der Waals surface area contributed by atoms with Gasteiger partial charge in [-0.25, -0.2) is 0 Å². The van der Waals surface area contributed by atoms with Crippen LogP contribution in [0.25, 0.3) is 0 Å². The van der Waals surface area contributed by atoms with E-state index in [1.54, 1.807) is 19.1 Å². The second-order valence-corrected chi connectivity index (χ2v) is 4.57. The summed E-state index contributed by atoms with van der Waals surface area (Å²) in [6.45, 7) is 2.87. The smallest absolute Gasteiger partial charge is 0.229 e. The standard InChI is InChI=1S/C14H22N2O2/c1-11(12-7-5-4-6-8-12)14(17)16(2)9-13(15)10-18-3/h4-8,11,13H,9-10,15H2,1-3H3. The van der Waals surface area contributed by atoms with Crippen molar-refractivity contribution in [3.8, 4) is 0 Å². The highest BCUT2D eigenvalue weighted by Gasteiger charge is 2.20. The number of likely N-dealkylation sites (N-methyl/N-ethyl adjacent to an activating group) is 1. The number of carbonyl (C=O) groups is 1. The Hall–Kier alpha value is -1.39. The Morgan fingerprint density at radius 1 is 1.39 bits per heavy atom. The van der Waals surface area contributed by atoms with E-state index in [0.29, 0.717) is 13.2 Å². The van der Waals surface area contributed by atoms with Gasteiger partial charge >= 0.3 is 0 Å². The summed E-state index contributed by atoms with van der Waals surface area (Å²) in [7, 11) is 3.38. The van der Waals surface area contributed by atoms with E-state index in [4.69, 9.17) is 10.5 Å². The first-order chi connectivity index (χ1) is 8.56. The van der Waals surface area contributed by atoms with Crippen LogP contribution in [0.4, 0.5) is 0 Å². The van der Waals surface area contributed by atoms with E-state index in [1.165, 1.54) is 0 Å². The first-order valence-electron chi connectivity index (χ1n) is 6.10. The molecule has 0 saturated carbocycles. The maximum Gasteiger partial charge on any atom is 0.229 e. The molecule has 0 aliphatic heterocycles. The molecule has 4 heteroatoms. The van der Waals surface area contributed by atoms with Crippen molar-refractivity contribution in [3.05, 3.63) is 35.9 Å². The SMILES string of the molecule is COCC(N)CN(C)C(=O)C(C)c1ccccc1. The molecule has 1 aromatic carbocycles. The Labute approximate surface area is 109 Å². The number of carbonyl (C=O) groups excluding carboxylic acids is 1. The van der Waals surface area contributed by atoms with Gasteiger partial charge in [-0.15, -0.1) is 0 Å². The number of nitrogens with two attached hydrogens (primary N) is 1. The fraction of sp³-hybridized carbons (Fsp3) is 0.500. The van der Waals surface area contributed by atoms with Crippen molar-refractivity contribution in [2.24, 2.45) is 5.73 Å². The molecule has 4 nitrogen and oxygen atoms in total. The number of nitrogens with zero attached hydrogens (tertiary/aromatic N) is 1. The van der Waals surface area contributed by atoms with Gasteiger partial charge < -0.3 is 15.4 Å². The van der Waals surface area contributed by atoms with E-state index < -0.39 is 0 Å². The monoisotopic (exact) mass is 250 g/mol. The Kier molecular flexibility index (Phi) is 5.82. The van der Waals surface area contributed by atoms with Gasteiger partial charge in [0.25, 0.3) is 0 Å². The van der Waals surface area contributed by atoms with Gasteiger partial charge in [0.05, 0.1) is 12.5 Å². The normalized spacial score (nSPS) is 14.0. The van der Waals surface area contributed by atoms with Crippen LogP contribution in [-0.2, 0) is 9.53 Å². The maximum absolute atomic E-state index is 12.2. The fourth-order valence-electron chi connectivity index (χ4n) is 1.92. The minimum atomic E-state index is -0.147. The van der Waals surface area contributed by atoms with Crippen molar-refractivity contribution in [1.82, 2.24) is 4.90 Å². The average molecular weight is 250 g/mol. The molecule has 1 aromatic rings. The van der Waals surface area contributed by atoms with E-state index >= 15 is 0 Å². The first kappa shape index (κ1) is 14.7. The van der Waals surface area contributed by atoms with Crippen molar-refractivity contribution >= 4 is 5.91 Å². The molecule has 0 aromatic heterocycles. The molecule has 0 heterocycles. The zero-order valence-corrected chi connectivity index (χ0v) is 11.3. The molecule has 0 radical (unpaired) electrons. The highest BCUT2D eigenvalue weighted by molar-refractivity contribution is 5.83. The van der Waals surface area contributed by atoms with E-state index in [1.807, 2.05) is 37.3 Å². The Morgan fingerprint density at radius 2 is 2.00 bits per heavy atom. The van der Waals surface area contributed by atoms with Crippen LogP contribution in [0.15, 0.2) is 30.3 Å². The number of rotatable bonds is 6. The van der Waals surface area contributed by atoms with Gasteiger partial charge in [0.1, 0.15) is 0 Å². The molecule has 0 fully saturated rings. The second kappa shape index (κ2) is 7.13. The summed E-state index contributed by atoms with van der Waals surface area (Å²) in [5.41, 5.74) is 6.87. The predicted octanol–water partition coefficient (Wildman–Crippen LogP) is 1.22. The van der Waals surface area contributed by atoms with E-state index in [9.17, 15) is 4.79 Å². The van der Waals surface area contributed by atoms with Gasteiger partial charge in [0.2, 0.25) is 5.91 Å². The van der Waals surface area contributed by atoms with Crippen LogP contribution in [-0.4, -0.2) is 44.2 Å². The molecule has 100 valence electrons. The third-order valence-electron chi connectivity index (χ3n) is 2.94. The van der Waals surface area contributed by atoms with Crippen LogP contribution >= 0.6 is 0 Å². The van der Waals surface area contributed by atoms with Crippen LogP contribution in [0, 0.1) is 0 Å². The molecule has 2 unspecified atom stereocenters. The van der Waals surface area contributed by atoms with Crippen molar-refractivity contribution in [2.45, 2.75) is 18.9 Å². The zero-order chi connectivity index (χ0) is 13.5. The predicted molar refractivity (Wildman–Crippen MR) is 72.3 cm³/mol. The van der Waals surface area contributed by atoms with Gasteiger partial charge in [-0.05, 0) is 12.5 Å².